The van der Waals surface area contributed by atoms with E-state index in [2.05, 4.69) is 4.98 Å². The summed E-state index contributed by atoms with van der Waals surface area (Å²) < 4.78 is 30.6. The van der Waals surface area contributed by atoms with Crippen LogP contribution in [0.3, 0.4) is 0 Å². The molecule has 0 aliphatic heterocycles. The number of para-hydroxylation sites is 1. The first kappa shape index (κ1) is 18.4. The van der Waals surface area contributed by atoms with Crippen molar-refractivity contribution in [1.29, 1.82) is 5.26 Å². The third kappa shape index (κ3) is 3.76. The number of aromatic nitrogens is 1. The van der Waals surface area contributed by atoms with Gasteiger partial charge in [0.05, 0.1) is 0 Å². The summed E-state index contributed by atoms with van der Waals surface area (Å²) in [6.07, 6.45) is 0. The summed E-state index contributed by atoms with van der Waals surface area (Å²) in [5, 5.41) is 9.35. The molecule has 27 heavy (non-hydrogen) atoms. The third-order valence-electron chi connectivity index (χ3n) is 3.97. The Labute approximate surface area is 156 Å². The molecule has 0 bridgehead atoms. The highest BCUT2D eigenvalue weighted by molar-refractivity contribution is 7.87. The van der Waals surface area contributed by atoms with E-state index in [0.29, 0.717) is 16.8 Å². The Bertz CT molecular complexity index is 1200. The van der Waals surface area contributed by atoms with Gasteiger partial charge in [-0.3, -0.25) is 4.79 Å². The Kier molecular flexibility index (Phi) is 4.84. The molecule has 0 aliphatic rings. The Balaban J connectivity index is 2.13. The number of aromatic amines is 1. The zero-order chi connectivity index (χ0) is 19.6. The lowest BCUT2D eigenvalue weighted by atomic mass is 10.0. The lowest BCUT2D eigenvalue weighted by molar-refractivity contribution is 0.487. The van der Waals surface area contributed by atoms with Crippen molar-refractivity contribution in [3.63, 3.8) is 0 Å². The van der Waals surface area contributed by atoms with Crippen molar-refractivity contribution < 1.29 is 12.6 Å². The summed E-state index contributed by atoms with van der Waals surface area (Å²) in [6.45, 7) is 3.53. The second-order valence-electron chi connectivity index (χ2n) is 6.03. The number of nitrogens with zero attached hydrogens (tertiary/aromatic N) is 1. The fourth-order valence-electron chi connectivity index (χ4n) is 2.65. The van der Waals surface area contributed by atoms with Crippen LogP contribution in [0.25, 0.3) is 11.1 Å². The molecule has 0 amide bonds. The van der Waals surface area contributed by atoms with Gasteiger partial charge in [-0.1, -0.05) is 35.9 Å². The van der Waals surface area contributed by atoms with E-state index in [0.717, 1.165) is 5.56 Å². The zero-order valence-electron chi connectivity index (χ0n) is 14.7. The van der Waals surface area contributed by atoms with Crippen LogP contribution in [0, 0.1) is 25.2 Å². The monoisotopic (exact) mass is 380 g/mol. The second-order valence-corrected chi connectivity index (χ2v) is 7.57. The smallest absolute Gasteiger partial charge is 0.339 e. The minimum atomic E-state index is -4.07. The van der Waals surface area contributed by atoms with Gasteiger partial charge in [0.1, 0.15) is 16.5 Å². The fraction of sp³-hybridized carbons (Fsp3) is 0.100. The minimum absolute atomic E-state index is 0.0190. The van der Waals surface area contributed by atoms with E-state index in [-0.39, 0.29) is 16.2 Å². The first-order chi connectivity index (χ1) is 12.8. The summed E-state index contributed by atoms with van der Waals surface area (Å²) in [5.41, 5.74) is 1.48. The quantitative estimate of drug-likeness (QED) is 0.700. The average molecular weight is 380 g/mol. The minimum Gasteiger partial charge on any atom is -0.378 e. The molecule has 3 rings (SSSR count). The predicted molar refractivity (Wildman–Crippen MR) is 101 cm³/mol. The SMILES string of the molecule is Cc1ccc(S(=O)(=O)Oc2ccccc2-c2cc(C)[nH]c(=O)c2C#N)cc1. The average Bonchev–Trinajstić information content (AvgIpc) is 2.61. The molecule has 7 heteroatoms. The number of nitrogens with one attached hydrogen (secondary N) is 1. The van der Waals surface area contributed by atoms with Gasteiger partial charge in [-0.15, -0.1) is 0 Å². The summed E-state index contributed by atoms with van der Waals surface area (Å²) in [5.74, 6) is 0.0413. The molecule has 1 N–H and O–H groups in total. The normalized spacial score (nSPS) is 11.0. The predicted octanol–water partition coefficient (Wildman–Crippen LogP) is 3.30. The fourth-order valence-corrected chi connectivity index (χ4v) is 3.59. The van der Waals surface area contributed by atoms with Crippen LogP contribution in [0.4, 0.5) is 0 Å². The van der Waals surface area contributed by atoms with E-state index in [4.69, 9.17) is 4.18 Å². The molecule has 136 valence electrons. The number of benzene rings is 2. The summed E-state index contributed by atoms with van der Waals surface area (Å²) in [4.78, 5) is 14.7. The van der Waals surface area contributed by atoms with E-state index < -0.39 is 15.7 Å². The van der Waals surface area contributed by atoms with E-state index in [1.54, 1.807) is 43.3 Å². The van der Waals surface area contributed by atoms with Crippen molar-refractivity contribution in [2.45, 2.75) is 18.7 Å². The first-order valence-electron chi connectivity index (χ1n) is 8.06. The largest absolute Gasteiger partial charge is 0.378 e. The van der Waals surface area contributed by atoms with Gasteiger partial charge in [0.15, 0.2) is 5.75 Å². The lowest BCUT2D eigenvalue weighted by Crippen LogP contribution is -2.14. The van der Waals surface area contributed by atoms with Crippen LogP contribution >= 0.6 is 0 Å². The highest BCUT2D eigenvalue weighted by Gasteiger charge is 2.21. The highest BCUT2D eigenvalue weighted by Crippen LogP contribution is 2.33. The van der Waals surface area contributed by atoms with Crippen LogP contribution in [0.1, 0.15) is 16.8 Å². The Morgan fingerprint density at radius 2 is 1.67 bits per heavy atom. The van der Waals surface area contributed by atoms with Crippen LogP contribution in [-0.4, -0.2) is 13.4 Å². The Hall–Kier alpha value is -3.37. The van der Waals surface area contributed by atoms with Gasteiger partial charge in [-0.05, 0) is 38.1 Å². The van der Waals surface area contributed by atoms with Crippen molar-refractivity contribution in [2.75, 3.05) is 0 Å². The Morgan fingerprint density at radius 1 is 1.00 bits per heavy atom. The van der Waals surface area contributed by atoms with Crippen molar-refractivity contribution in [1.82, 2.24) is 4.98 Å². The number of rotatable bonds is 4. The number of nitriles is 1. The molecule has 0 fully saturated rings. The van der Waals surface area contributed by atoms with Crippen LogP contribution < -0.4 is 9.74 Å². The van der Waals surface area contributed by atoms with Crippen molar-refractivity contribution in [2.24, 2.45) is 0 Å². The van der Waals surface area contributed by atoms with Crippen LogP contribution in [0.15, 0.2) is 64.3 Å². The molecular formula is C20H16N2O4S. The summed E-state index contributed by atoms with van der Waals surface area (Å²) in [7, 11) is -4.07. The van der Waals surface area contributed by atoms with E-state index in [9.17, 15) is 18.5 Å². The third-order valence-corrected chi connectivity index (χ3v) is 5.21. The molecule has 0 saturated heterocycles. The molecule has 2 aromatic carbocycles. The van der Waals surface area contributed by atoms with E-state index >= 15 is 0 Å². The van der Waals surface area contributed by atoms with Crippen molar-refractivity contribution in [3.8, 4) is 22.9 Å². The molecule has 1 aromatic heterocycles. The van der Waals surface area contributed by atoms with Crippen LogP contribution in [0.2, 0.25) is 0 Å². The standard InChI is InChI=1S/C20H16N2O4S/c1-13-7-9-15(10-8-13)27(24,25)26-19-6-4-3-5-16(19)17-11-14(2)22-20(23)18(17)12-21/h3-11H,1-2H3,(H,22,23). The topological polar surface area (TPSA) is 100 Å². The van der Waals surface area contributed by atoms with Crippen LogP contribution in [-0.2, 0) is 10.1 Å². The Morgan fingerprint density at radius 3 is 2.33 bits per heavy atom. The number of H-pyrrole nitrogens is 1. The molecule has 6 nitrogen and oxygen atoms in total. The van der Waals surface area contributed by atoms with Crippen LogP contribution in [0.5, 0.6) is 5.75 Å². The number of aryl methyl sites for hydroxylation is 2. The molecule has 0 spiro atoms. The van der Waals surface area contributed by atoms with Gasteiger partial charge < -0.3 is 9.17 Å². The zero-order valence-corrected chi connectivity index (χ0v) is 15.5. The lowest BCUT2D eigenvalue weighted by Gasteiger charge is -2.13. The van der Waals surface area contributed by atoms with Gasteiger partial charge in [-0.25, -0.2) is 0 Å². The van der Waals surface area contributed by atoms with Gasteiger partial charge in [0.2, 0.25) is 0 Å². The summed E-state index contributed by atoms with van der Waals surface area (Å²) >= 11 is 0. The van der Waals surface area contributed by atoms with Gasteiger partial charge in [0, 0.05) is 16.8 Å². The first-order valence-corrected chi connectivity index (χ1v) is 9.47. The molecular weight excluding hydrogens is 364 g/mol. The number of hydrogen-bond donors (Lipinski definition) is 1. The van der Waals surface area contributed by atoms with E-state index in [1.807, 2.05) is 13.0 Å². The van der Waals surface area contributed by atoms with Gasteiger partial charge in [0.25, 0.3) is 5.56 Å². The molecule has 0 radical (unpaired) electrons. The van der Waals surface area contributed by atoms with Gasteiger partial charge >= 0.3 is 10.1 Å². The van der Waals surface area contributed by atoms with Crippen molar-refractivity contribution in [3.05, 3.63) is 81.8 Å². The molecule has 1 heterocycles. The molecule has 0 aliphatic carbocycles. The molecule has 3 aromatic rings. The molecule has 0 atom stereocenters. The van der Waals surface area contributed by atoms with Gasteiger partial charge in [-0.2, -0.15) is 13.7 Å². The summed E-state index contributed by atoms with van der Waals surface area (Å²) in [6, 6.07) is 16.2. The molecule has 0 saturated carbocycles. The van der Waals surface area contributed by atoms with Crippen molar-refractivity contribution >= 4 is 10.1 Å². The number of hydrogen-bond acceptors (Lipinski definition) is 5. The maximum absolute atomic E-state index is 12.6. The highest BCUT2D eigenvalue weighted by atomic mass is 32.2. The maximum Gasteiger partial charge on any atom is 0.339 e. The number of pyridine rings is 1. The maximum atomic E-state index is 12.6. The second kappa shape index (κ2) is 7.09. The van der Waals surface area contributed by atoms with E-state index in [1.165, 1.54) is 18.2 Å². The molecule has 0 unspecified atom stereocenters.